The zero-order chi connectivity index (χ0) is 13.2. The Morgan fingerprint density at radius 3 is 2.59 bits per heavy atom. The van der Waals surface area contributed by atoms with Crippen molar-refractivity contribution in [3.05, 3.63) is 22.7 Å². The summed E-state index contributed by atoms with van der Waals surface area (Å²) < 4.78 is 26.1. The van der Waals surface area contributed by atoms with Crippen molar-refractivity contribution in [2.75, 3.05) is 12.3 Å². The van der Waals surface area contributed by atoms with Crippen molar-refractivity contribution >= 4 is 27.3 Å². The molecule has 0 fully saturated rings. The third-order valence-electron chi connectivity index (χ3n) is 2.30. The van der Waals surface area contributed by atoms with E-state index in [9.17, 15) is 8.42 Å². The second-order valence-electron chi connectivity index (χ2n) is 3.82. The normalized spacial score (nSPS) is 13.6. The highest BCUT2D eigenvalue weighted by Crippen LogP contribution is 2.25. The van der Waals surface area contributed by atoms with E-state index in [0.717, 1.165) is 0 Å². The number of nitrogen functional groups attached to an aromatic ring is 1. The average Bonchev–Trinajstić information content (AvgIpc) is 2.24. The van der Waals surface area contributed by atoms with E-state index in [1.165, 1.54) is 12.1 Å². The molecule has 1 unspecified atom stereocenters. The van der Waals surface area contributed by atoms with Crippen molar-refractivity contribution in [3.63, 3.8) is 0 Å². The molecule has 1 aromatic carbocycles. The Kier molecular flexibility index (Phi) is 4.37. The van der Waals surface area contributed by atoms with Crippen LogP contribution in [0, 0.1) is 6.92 Å². The molecule has 0 heterocycles. The molecular weight excluding hydrogens is 264 g/mol. The number of halogens is 1. The number of sulfonamides is 1. The minimum atomic E-state index is -3.71. The summed E-state index contributed by atoms with van der Waals surface area (Å²) in [6, 6.07) is 2.11. The fraction of sp³-hybridized carbons (Fsp3) is 0.400. The van der Waals surface area contributed by atoms with Gasteiger partial charge in [-0.1, -0.05) is 11.6 Å². The number of aliphatic hydroxyl groups excluding tert-OH is 1. The zero-order valence-electron chi connectivity index (χ0n) is 9.57. The number of rotatable bonds is 4. The average molecular weight is 279 g/mol. The highest BCUT2D eigenvalue weighted by Gasteiger charge is 2.18. The lowest BCUT2D eigenvalue weighted by Crippen LogP contribution is -2.35. The highest BCUT2D eigenvalue weighted by atomic mass is 35.5. The molecule has 17 heavy (non-hydrogen) atoms. The van der Waals surface area contributed by atoms with Gasteiger partial charge in [0.2, 0.25) is 10.0 Å². The van der Waals surface area contributed by atoms with Crippen LogP contribution in [0.1, 0.15) is 12.5 Å². The lowest BCUT2D eigenvalue weighted by atomic mass is 10.2. The molecule has 1 atom stereocenters. The maximum absolute atomic E-state index is 11.9. The van der Waals surface area contributed by atoms with Gasteiger partial charge in [0.25, 0.3) is 0 Å². The predicted molar refractivity (Wildman–Crippen MR) is 67.5 cm³/mol. The molecule has 96 valence electrons. The molecule has 0 aromatic heterocycles. The van der Waals surface area contributed by atoms with Gasteiger partial charge in [-0.05, 0) is 31.5 Å². The first-order valence-electron chi connectivity index (χ1n) is 4.96. The van der Waals surface area contributed by atoms with Gasteiger partial charge in [0.15, 0.2) is 0 Å². The topological polar surface area (TPSA) is 92.4 Å². The van der Waals surface area contributed by atoms with Crippen LogP contribution in [-0.4, -0.2) is 26.2 Å². The highest BCUT2D eigenvalue weighted by molar-refractivity contribution is 7.89. The molecule has 5 nitrogen and oxygen atoms in total. The van der Waals surface area contributed by atoms with Crippen LogP contribution in [0.4, 0.5) is 5.69 Å². The Hall–Kier alpha value is -0.820. The molecule has 1 aromatic rings. The Labute approximate surface area is 106 Å². The Balaban J connectivity index is 3.16. The summed E-state index contributed by atoms with van der Waals surface area (Å²) in [6.45, 7) is 2.98. The fourth-order valence-electron chi connectivity index (χ4n) is 1.20. The zero-order valence-corrected chi connectivity index (χ0v) is 11.1. The lowest BCUT2D eigenvalue weighted by Gasteiger charge is -2.13. The van der Waals surface area contributed by atoms with Crippen LogP contribution >= 0.6 is 11.6 Å². The summed E-state index contributed by atoms with van der Waals surface area (Å²) in [7, 11) is -3.71. The van der Waals surface area contributed by atoms with E-state index >= 15 is 0 Å². The standard InChI is InChI=1S/C10H15ClN2O3S/c1-6(5-14)13-17(15,16)8-3-9(11)7(2)10(12)4-8/h3-4,6,13-14H,5,12H2,1-2H3. The van der Waals surface area contributed by atoms with Gasteiger partial charge in [-0.2, -0.15) is 0 Å². The number of anilines is 1. The number of nitrogens with one attached hydrogen (secondary N) is 1. The van der Waals surface area contributed by atoms with Crippen LogP contribution in [0.2, 0.25) is 5.02 Å². The van der Waals surface area contributed by atoms with Gasteiger partial charge in [-0.3, -0.25) is 0 Å². The van der Waals surface area contributed by atoms with Gasteiger partial charge < -0.3 is 10.8 Å². The summed E-state index contributed by atoms with van der Waals surface area (Å²) in [5.41, 5.74) is 6.61. The number of aliphatic hydroxyl groups is 1. The van der Waals surface area contributed by atoms with Crippen LogP contribution in [0.5, 0.6) is 0 Å². The maximum Gasteiger partial charge on any atom is 0.241 e. The van der Waals surface area contributed by atoms with Crippen LogP contribution < -0.4 is 10.5 Å². The molecule has 1 rings (SSSR count). The van der Waals surface area contributed by atoms with Crippen LogP contribution in [0.15, 0.2) is 17.0 Å². The van der Waals surface area contributed by atoms with Gasteiger partial charge in [0, 0.05) is 16.8 Å². The van der Waals surface area contributed by atoms with Crippen molar-refractivity contribution in [2.24, 2.45) is 0 Å². The molecule has 0 saturated carbocycles. The molecular formula is C10H15ClN2O3S. The van der Waals surface area contributed by atoms with E-state index in [1.54, 1.807) is 13.8 Å². The Morgan fingerprint density at radius 2 is 2.12 bits per heavy atom. The van der Waals surface area contributed by atoms with Crippen LogP contribution in [-0.2, 0) is 10.0 Å². The molecule has 0 bridgehead atoms. The summed E-state index contributed by atoms with van der Waals surface area (Å²) in [5.74, 6) is 0. The molecule has 0 spiro atoms. The largest absolute Gasteiger partial charge is 0.398 e. The fourth-order valence-corrected chi connectivity index (χ4v) is 2.79. The van der Waals surface area contributed by atoms with Gasteiger partial charge in [-0.25, -0.2) is 13.1 Å². The van der Waals surface area contributed by atoms with Crippen LogP contribution in [0.3, 0.4) is 0 Å². The number of nitrogens with two attached hydrogens (primary N) is 1. The molecule has 7 heteroatoms. The maximum atomic E-state index is 11.9. The molecule has 0 aliphatic carbocycles. The van der Waals surface area contributed by atoms with Gasteiger partial charge >= 0.3 is 0 Å². The minimum Gasteiger partial charge on any atom is -0.398 e. The second-order valence-corrected chi connectivity index (χ2v) is 5.95. The third kappa shape index (κ3) is 3.32. The lowest BCUT2D eigenvalue weighted by molar-refractivity contribution is 0.265. The van der Waals surface area contributed by atoms with Crippen molar-refractivity contribution in [3.8, 4) is 0 Å². The number of benzene rings is 1. The monoisotopic (exact) mass is 278 g/mol. The summed E-state index contributed by atoms with van der Waals surface area (Å²) in [4.78, 5) is -0.00843. The Morgan fingerprint density at radius 1 is 1.53 bits per heavy atom. The predicted octanol–water partition coefficient (Wildman–Crippen LogP) is 0.890. The SMILES string of the molecule is Cc1c(N)cc(S(=O)(=O)NC(C)CO)cc1Cl. The van der Waals surface area contributed by atoms with E-state index in [-0.39, 0.29) is 11.5 Å². The Bertz CT molecular complexity index is 493. The van der Waals surface area contributed by atoms with Crippen molar-refractivity contribution in [2.45, 2.75) is 24.8 Å². The molecule has 0 aliphatic heterocycles. The van der Waals surface area contributed by atoms with Crippen molar-refractivity contribution in [1.29, 1.82) is 0 Å². The molecule has 0 aliphatic rings. The third-order valence-corrected chi connectivity index (χ3v) is 4.26. The first-order chi connectivity index (χ1) is 7.77. The second kappa shape index (κ2) is 5.22. The van der Waals surface area contributed by atoms with Crippen molar-refractivity contribution in [1.82, 2.24) is 4.72 Å². The summed E-state index contributed by atoms with van der Waals surface area (Å²) in [5, 5.41) is 9.11. The molecule has 0 saturated heterocycles. The van der Waals surface area contributed by atoms with E-state index in [4.69, 9.17) is 22.4 Å². The van der Waals surface area contributed by atoms with E-state index < -0.39 is 16.1 Å². The van der Waals surface area contributed by atoms with Gasteiger partial charge in [-0.15, -0.1) is 0 Å². The minimum absolute atomic E-state index is 0.00843. The van der Waals surface area contributed by atoms with Gasteiger partial charge in [0.1, 0.15) is 0 Å². The summed E-state index contributed by atoms with van der Waals surface area (Å²) >= 11 is 5.87. The molecule has 0 radical (unpaired) electrons. The van der Waals surface area contributed by atoms with E-state index in [0.29, 0.717) is 16.3 Å². The van der Waals surface area contributed by atoms with Crippen LogP contribution in [0.25, 0.3) is 0 Å². The molecule has 0 amide bonds. The smallest absolute Gasteiger partial charge is 0.241 e. The summed E-state index contributed by atoms with van der Waals surface area (Å²) in [6.07, 6.45) is 0. The number of hydrogen-bond acceptors (Lipinski definition) is 4. The first kappa shape index (κ1) is 14.2. The molecule has 4 N–H and O–H groups in total. The quantitative estimate of drug-likeness (QED) is 0.713. The number of hydrogen-bond donors (Lipinski definition) is 3. The van der Waals surface area contributed by atoms with Crippen molar-refractivity contribution < 1.29 is 13.5 Å². The van der Waals surface area contributed by atoms with E-state index in [1.807, 2.05) is 0 Å². The first-order valence-corrected chi connectivity index (χ1v) is 6.83. The van der Waals surface area contributed by atoms with Gasteiger partial charge in [0.05, 0.1) is 11.5 Å². The van der Waals surface area contributed by atoms with E-state index in [2.05, 4.69) is 4.72 Å².